The van der Waals surface area contributed by atoms with Gasteiger partial charge in [-0.25, -0.2) is 0 Å². The summed E-state index contributed by atoms with van der Waals surface area (Å²) in [5, 5.41) is 0. The van der Waals surface area contributed by atoms with Gasteiger partial charge >= 0.3 is 6.61 Å². The third-order valence-electron chi connectivity index (χ3n) is 4.78. The third-order valence-corrected chi connectivity index (χ3v) is 4.78. The van der Waals surface area contributed by atoms with Crippen LogP contribution in [0.2, 0.25) is 0 Å². The van der Waals surface area contributed by atoms with Crippen LogP contribution in [0.5, 0.6) is 11.5 Å². The molecule has 1 unspecified atom stereocenters. The van der Waals surface area contributed by atoms with E-state index in [1.54, 1.807) is 12.1 Å². The summed E-state index contributed by atoms with van der Waals surface area (Å²) in [6.45, 7) is -1.13. The van der Waals surface area contributed by atoms with Crippen molar-refractivity contribution in [2.24, 2.45) is 0 Å². The first kappa shape index (κ1) is 18.6. The van der Waals surface area contributed by atoms with Gasteiger partial charge in [0.25, 0.3) is 0 Å². The van der Waals surface area contributed by atoms with Gasteiger partial charge in [0.05, 0.1) is 7.11 Å². The van der Waals surface area contributed by atoms with Crippen LogP contribution in [0.25, 0.3) is 0 Å². The summed E-state index contributed by atoms with van der Waals surface area (Å²) in [6.07, 6.45) is 8.35. The van der Waals surface area contributed by atoms with Crippen LogP contribution in [-0.2, 0) is 6.54 Å². The number of rotatable bonds is 6. The molecule has 4 nitrogen and oxygen atoms in total. The van der Waals surface area contributed by atoms with Crippen molar-refractivity contribution in [3.63, 3.8) is 0 Å². The minimum atomic E-state index is -2.86. The highest BCUT2D eigenvalue weighted by molar-refractivity contribution is 5.43. The van der Waals surface area contributed by atoms with Crippen molar-refractivity contribution in [3.05, 3.63) is 53.9 Å². The Balaban J connectivity index is 1.80. The maximum atomic E-state index is 12.5. The Bertz CT molecular complexity index is 697. The molecule has 1 atom stereocenters. The van der Waals surface area contributed by atoms with E-state index in [0.717, 1.165) is 31.5 Å². The van der Waals surface area contributed by atoms with Gasteiger partial charge in [0.2, 0.25) is 0 Å². The second kappa shape index (κ2) is 8.94. The number of pyridine rings is 1. The number of nitrogens with zero attached hydrogens (tertiary/aromatic N) is 2. The quantitative estimate of drug-likeness (QED) is 0.739. The van der Waals surface area contributed by atoms with Crippen LogP contribution in [-0.4, -0.2) is 30.1 Å². The summed E-state index contributed by atoms with van der Waals surface area (Å²) < 4.78 is 34.7. The van der Waals surface area contributed by atoms with E-state index >= 15 is 0 Å². The van der Waals surface area contributed by atoms with E-state index in [1.807, 2.05) is 18.5 Å². The number of aromatic nitrogens is 1. The van der Waals surface area contributed by atoms with Gasteiger partial charge in [-0.2, -0.15) is 8.78 Å². The van der Waals surface area contributed by atoms with Crippen LogP contribution in [0.1, 0.15) is 42.9 Å². The zero-order valence-electron chi connectivity index (χ0n) is 14.9. The molecule has 1 fully saturated rings. The van der Waals surface area contributed by atoms with E-state index < -0.39 is 6.61 Å². The molecule has 1 aromatic carbocycles. The SMILES string of the molecule is COc1cc(CN2CCCCCC2c2ccncc2)ccc1OC(F)F. The lowest BCUT2D eigenvalue weighted by Gasteiger charge is -2.30. The fourth-order valence-electron chi connectivity index (χ4n) is 3.56. The molecule has 2 aromatic rings. The maximum Gasteiger partial charge on any atom is 0.387 e. The van der Waals surface area contributed by atoms with Gasteiger partial charge in [-0.1, -0.05) is 18.9 Å². The first-order valence-corrected chi connectivity index (χ1v) is 8.93. The Hall–Kier alpha value is -2.21. The van der Waals surface area contributed by atoms with Gasteiger partial charge in [-0.05, 0) is 54.8 Å². The minimum Gasteiger partial charge on any atom is -0.493 e. The highest BCUT2D eigenvalue weighted by Gasteiger charge is 2.23. The maximum absolute atomic E-state index is 12.5. The van der Waals surface area contributed by atoms with Crippen LogP contribution in [0.15, 0.2) is 42.7 Å². The predicted octanol–water partition coefficient (Wildman–Crippen LogP) is 4.81. The number of likely N-dealkylation sites (tertiary alicyclic amines) is 1. The number of benzene rings is 1. The van der Waals surface area contributed by atoms with Crippen LogP contribution < -0.4 is 9.47 Å². The Labute approximate surface area is 152 Å². The summed E-state index contributed by atoms with van der Waals surface area (Å²) in [4.78, 5) is 6.57. The van der Waals surface area contributed by atoms with E-state index in [0.29, 0.717) is 11.8 Å². The fourth-order valence-corrected chi connectivity index (χ4v) is 3.56. The summed E-state index contributed by atoms with van der Waals surface area (Å²) in [6, 6.07) is 9.65. The summed E-state index contributed by atoms with van der Waals surface area (Å²) in [5.74, 6) is 0.394. The first-order chi connectivity index (χ1) is 12.7. The van der Waals surface area contributed by atoms with Gasteiger partial charge in [-0.3, -0.25) is 9.88 Å². The molecule has 1 aliphatic rings. The van der Waals surface area contributed by atoms with Gasteiger partial charge < -0.3 is 9.47 Å². The van der Waals surface area contributed by atoms with Crippen molar-refractivity contribution in [3.8, 4) is 11.5 Å². The minimum absolute atomic E-state index is 0.0628. The van der Waals surface area contributed by atoms with Crippen molar-refractivity contribution >= 4 is 0 Å². The molecule has 3 rings (SSSR count). The smallest absolute Gasteiger partial charge is 0.387 e. The molecule has 0 N–H and O–H groups in total. The van der Waals surface area contributed by atoms with Crippen molar-refractivity contribution < 1.29 is 18.3 Å². The van der Waals surface area contributed by atoms with Crippen molar-refractivity contribution in [2.75, 3.05) is 13.7 Å². The molecular formula is C20H24F2N2O2. The second-order valence-electron chi connectivity index (χ2n) is 6.48. The summed E-state index contributed by atoms with van der Waals surface area (Å²) in [7, 11) is 1.46. The lowest BCUT2D eigenvalue weighted by atomic mass is 10.0. The van der Waals surface area contributed by atoms with Crippen LogP contribution in [0.3, 0.4) is 0 Å². The largest absolute Gasteiger partial charge is 0.493 e. The molecule has 2 heterocycles. The predicted molar refractivity (Wildman–Crippen MR) is 95.5 cm³/mol. The molecule has 1 aromatic heterocycles. The molecule has 0 spiro atoms. The van der Waals surface area contributed by atoms with Gasteiger partial charge in [0, 0.05) is 25.0 Å². The molecule has 140 valence electrons. The Kier molecular flexibility index (Phi) is 6.39. The lowest BCUT2D eigenvalue weighted by molar-refractivity contribution is -0.0512. The molecule has 0 amide bonds. The molecule has 26 heavy (non-hydrogen) atoms. The highest BCUT2D eigenvalue weighted by Crippen LogP contribution is 2.34. The fraction of sp³-hybridized carbons (Fsp3) is 0.450. The Morgan fingerprint density at radius 2 is 1.92 bits per heavy atom. The topological polar surface area (TPSA) is 34.6 Å². The molecule has 6 heteroatoms. The Morgan fingerprint density at radius 3 is 2.65 bits per heavy atom. The number of hydrogen-bond donors (Lipinski definition) is 0. The number of alkyl halides is 2. The number of hydrogen-bond acceptors (Lipinski definition) is 4. The molecule has 1 saturated heterocycles. The normalized spacial score (nSPS) is 18.5. The van der Waals surface area contributed by atoms with E-state index in [4.69, 9.17) is 4.74 Å². The van der Waals surface area contributed by atoms with E-state index in [1.165, 1.54) is 25.5 Å². The average molecular weight is 362 g/mol. The zero-order valence-corrected chi connectivity index (χ0v) is 14.9. The lowest BCUT2D eigenvalue weighted by Crippen LogP contribution is -2.28. The number of methoxy groups -OCH3 is 1. The van der Waals surface area contributed by atoms with Crippen molar-refractivity contribution in [1.82, 2.24) is 9.88 Å². The molecule has 0 bridgehead atoms. The van der Waals surface area contributed by atoms with E-state index in [9.17, 15) is 8.78 Å². The zero-order chi connectivity index (χ0) is 18.4. The monoisotopic (exact) mass is 362 g/mol. The summed E-state index contributed by atoms with van der Waals surface area (Å²) >= 11 is 0. The van der Waals surface area contributed by atoms with E-state index in [-0.39, 0.29) is 5.75 Å². The average Bonchev–Trinajstić information content (AvgIpc) is 2.88. The van der Waals surface area contributed by atoms with Gasteiger partial charge in [0.15, 0.2) is 11.5 Å². The van der Waals surface area contributed by atoms with Crippen molar-refractivity contribution in [1.29, 1.82) is 0 Å². The van der Waals surface area contributed by atoms with Crippen LogP contribution in [0.4, 0.5) is 8.78 Å². The van der Waals surface area contributed by atoms with Gasteiger partial charge in [-0.15, -0.1) is 0 Å². The second-order valence-corrected chi connectivity index (χ2v) is 6.48. The number of ether oxygens (including phenoxy) is 2. The molecule has 0 radical (unpaired) electrons. The molecule has 0 aliphatic carbocycles. The van der Waals surface area contributed by atoms with Gasteiger partial charge in [0.1, 0.15) is 0 Å². The number of halogens is 2. The third kappa shape index (κ3) is 4.69. The van der Waals surface area contributed by atoms with Crippen LogP contribution >= 0.6 is 0 Å². The highest BCUT2D eigenvalue weighted by atomic mass is 19.3. The summed E-state index contributed by atoms with van der Waals surface area (Å²) in [5.41, 5.74) is 2.29. The van der Waals surface area contributed by atoms with E-state index in [2.05, 4.69) is 26.8 Å². The Morgan fingerprint density at radius 1 is 1.12 bits per heavy atom. The van der Waals surface area contributed by atoms with Crippen molar-refractivity contribution in [2.45, 2.75) is 44.9 Å². The van der Waals surface area contributed by atoms with Crippen LogP contribution in [0, 0.1) is 0 Å². The molecular weight excluding hydrogens is 338 g/mol. The molecule has 1 aliphatic heterocycles. The molecule has 0 saturated carbocycles. The first-order valence-electron chi connectivity index (χ1n) is 8.93. The standard InChI is InChI=1S/C20H24F2N2O2/c1-25-19-13-15(6-7-18(19)26-20(21)22)14-24-12-4-2-3-5-17(24)16-8-10-23-11-9-16/h6-11,13,17,20H,2-5,12,14H2,1H3.